The van der Waals surface area contributed by atoms with Gasteiger partial charge < -0.3 is 10.1 Å². The van der Waals surface area contributed by atoms with E-state index in [9.17, 15) is 4.79 Å². The molecular formula is C23H27Cl2N5O2S. The van der Waals surface area contributed by atoms with E-state index in [4.69, 9.17) is 4.74 Å². The predicted octanol–water partition coefficient (Wildman–Crippen LogP) is 5.83. The van der Waals surface area contributed by atoms with Crippen LogP contribution in [0.1, 0.15) is 32.6 Å². The Balaban J connectivity index is 0.00000153. The van der Waals surface area contributed by atoms with Crippen molar-refractivity contribution in [2.45, 2.75) is 38.2 Å². The molecule has 1 aliphatic carbocycles. The van der Waals surface area contributed by atoms with Gasteiger partial charge in [0.15, 0.2) is 5.13 Å². The zero-order valence-corrected chi connectivity index (χ0v) is 20.7. The van der Waals surface area contributed by atoms with Crippen molar-refractivity contribution in [2.24, 2.45) is 5.41 Å². The molecule has 1 amide bonds. The van der Waals surface area contributed by atoms with E-state index in [2.05, 4.69) is 27.2 Å². The molecule has 1 N–H and O–H groups in total. The summed E-state index contributed by atoms with van der Waals surface area (Å²) in [5.41, 5.74) is 1.51. The Morgan fingerprint density at radius 1 is 1.03 bits per heavy atom. The van der Waals surface area contributed by atoms with Gasteiger partial charge in [-0.15, -0.1) is 36.2 Å². The average Bonchev–Trinajstić information content (AvgIpc) is 3.41. The van der Waals surface area contributed by atoms with Crippen molar-refractivity contribution >= 4 is 53.2 Å². The van der Waals surface area contributed by atoms with Gasteiger partial charge in [0.05, 0.1) is 12.2 Å². The van der Waals surface area contributed by atoms with E-state index in [1.54, 1.807) is 28.6 Å². The lowest BCUT2D eigenvalue weighted by Crippen LogP contribution is -2.43. The van der Waals surface area contributed by atoms with Crippen LogP contribution in [-0.2, 0) is 4.74 Å². The molecule has 7 nitrogen and oxygen atoms in total. The highest BCUT2D eigenvalue weighted by molar-refractivity contribution is 7.14. The van der Waals surface area contributed by atoms with Gasteiger partial charge in [0, 0.05) is 24.3 Å². The third-order valence-electron chi connectivity index (χ3n) is 6.36. The lowest BCUT2D eigenvalue weighted by molar-refractivity contribution is -0.00435. The van der Waals surface area contributed by atoms with Crippen LogP contribution in [0.2, 0.25) is 0 Å². The van der Waals surface area contributed by atoms with E-state index < -0.39 is 5.60 Å². The van der Waals surface area contributed by atoms with Crippen molar-refractivity contribution < 1.29 is 9.53 Å². The second-order valence-electron chi connectivity index (χ2n) is 8.74. The first-order chi connectivity index (χ1) is 15.0. The summed E-state index contributed by atoms with van der Waals surface area (Å²) >= 11 is 1.60. The van der Waals surface area contributed by atoms with E-state index in [0.717, 1.165) is 48.7 Å². The van der Waals surface area contributed by atoms with E-state index in [1.165, 1.54) is 0 Å². The van der Waals surface area contributed by atoms with Crippen molar-refractivity contribution in [3.63, 3.8) is 0 Å². The molecule has 0 radical (unpaired) electrons. The molecule has 4 heterocycles. The molecule has 10 heteroatoms. The highest BCUT2D eigenvalue weighted by atomic mass is 35.5. The van der Waals surface area contributed by atoms with E-state index in [1.807, 2.05) is 41.8 Å². The van der Waals surface area contributed by atoms with Gasteiger partial charge in [-0.05, 0) is 55.4 Å². The lowest BCUT2D eigenvalue weighted by Gasteiger charge is -2.41. The average molecular weight is 508 g/mol. The zero-order valence-electron chi connectivity index (χ0n) is 18.3. The number of nitrogens with zero attached hydrogens (tertiary/aromatic N) is 4. The normalized spacial score (nSPS) is 24.0. The molecule has 1 spiro atoms. The van der Waals surface area contributed by atoms with Crippen LogP contribution in [0.4, 0.5) is 15.7 Å². The maximum Gasteiger partial charge on any atom is 0.416 e. The number of halogens is 2. The standard InChI is InChI=1S/C23H25N5O2S.2ClH/c1-22(15-26-20-27-18(14-31-20)17-6-2-4-12-24-17)8-10-23(11-9-22)16-28(21(29)30-23)19-7-3-5-13-25-19;;/h2-7,12-14H,8-11,15-16H2,1H3,(H,26,27);2*1H/t22-,23+;;. The fourth-order valence-electron chi connectivity index (χ4n) is 4.34. The number of aromatic nitrogens is 3. The summed E-state index contributed by atoms with van der Waals surface area (Å²) in [5, 5.41) is 6.47. The molecule has 2 aliphatic rings. The minimum atomic E-state index is -0.401. The lowest BCUT2D eigenvalue weighted by atomic mass is 9.69. The Morgan fingerprint density at radius 2 is 1.76 bits per heavy atom. The van der Waals surface area contributed by atoms with Gasteiger partial charge in [-0.25, -0.2) is 14.8 Å². The first kappa shape index (κ1) is 25.2. The zero-order chi connectivity index (χ0) is 21.3. The van der Waals surface area contributed by atoms with Gasteiger partial charge in [0.2, 0.25) is 0 Å². The third kappa shape index (κ3) is 5.39. The number of thiazole rings is 1. The number of rotatable bonds is 5. The smallest absolute Gasteiger partial charge is 0.416 e. The van der Waals surface area contributed by atoms with Crippen LogP contribution in [0.15, 0.2) is 54.2 Å². The first-order valence-electron chi connectivity index (χ1n) is 10.6. The van der Waals surface area contributed by atoms with Gasteiger partial charge in [0.1, 0.15) is 17.1 Å². The third-order valence-corrected chi connectivity index (χ3v) is 7.16. The monoisotopic (exact) mass is 507 g/mol. The molecule has 176 valence electrons. The van der Waals surface area contributed by atoms with Crippen molar-refractivity contribution in [2.75, 3.05) is 23.3 Å². The van der Waals surface area contributed by atoms with Crippen molar-refractivity contribution in [1.82, 2.24) is 15.0 Å². The number of hydrogen-bond acceptors (Lipinski definition) is 7. The summed E-state index contributed by atoms with van der Waals surface area (Å²) in [6.45, 7) is 3.72. The Morgan fingerprint density at radius 3 is 2.42 bits per heavy atom. The summed E-state index contributed by atoms with van der Waals surface area (Å²) in [4.78, 5) is 27.5. The van der Waals surface area contributed by atoms with Crippen LogP contribution >= 0.6 is 36.2 Å². The number of carbonyl (C=O) groups is 1. The quantitative estimate of drug-likeness (QED) is 0.467. The van der Waals surface area contributed by atoms with Crippen molar-refractivity contribution in [1.29, 1.82) is 0 Å². The molecule has 0 bridgehead atoms. The highest BCUT2D eigenvalue weighted by Crippen LogP contribution is 2.45. The number of anilines is 2. The predicted molar refractivity (Wildman–Crippen MR) is 136 cm³/mol. The molecule has 1 aliphatic heterocycles. The Hall–Kier alpha value is -2.42. The van der Waals surface area contributed by atoms with Crippen molar-refractivity contribution in [3.8, 4) is 11.4 Å². The molecule has 3 aromatic rings. The Labute approximate surface area is 209 Å². The number of nitrogens with one attached hydrogen (secondary N) is 1. The minimum Gasteiger partial charge on any atom is -0.441 e. The molecule has 0 aromatic carbocycles. The Kier molecular flexibility index (Phi) is 7.82. The highest BCUT2D eigenvalue weighted by Gasteiger charge is 2.50. The fraction of sp³-hybridized carbons (Fsp3) is 0.391. The summed E-state index contributed by atoms with van der Waals surface area (Å²) in [6, 6.07) is 11.4. The van der Waals surface area contributed by atoms with E-state index >= 15 is 0 Å². The van der Waals surface area contributed by atoms with E-state index in [-0.39, 0.29) is 36.3 Å². The van der Waals surface area contributed by atoms with Crippen LogP contribution in [0.5, 0.6) is 0 Å². The minimum absolute atomic E-state index is 0. The van der Waals surface area contributed by atoms with Gasteiger partial charge >= 0.3 is 6.09 Å². The SMILES string of the molecule is C[C@]1(CNc2nc(-c3ccccn3)cs2)CC[C@@]2(CC1)CN(c1ccccn1)C(=O)O2.Cl.Cl. The van der Waals surface area contributed by atoms with Crippen LogP contribution in [-0.4, -0.2) is 39.7 Å². The molecule has 2 fully saturated rings. The maximum atomic E-state index is 12.5. The second-order valence-corrected chi connectivity index (χ2v) is 9.60. The molecule has 1 saturated heterocycles. The number of carbonyl (C=O) groups excluding carboxylic acids is 1. The van der Waals surface area contributed by atoms with Gasteiger partial charge in [-0.1, -0.05) is 19.1 Å². The molecular weight excluding hydrogens is 481 g/mol. The molecule has 3 aromatic heterocycles. The van der Waals surface area contributed by atoms with Gasteiger partial charge in [-0.2, -0.15) is 0 Å². The molecule has 0 unspecified atom stereocenters. The van der Waals surface area contributed by atoms with Crippen LogP contribution in [0.3, 0.4) is 0 Å². The summed E-state index contributed by atoms with van der Waals surface area (Å²) in [6.07, 6.45) is 6.89. The topological polar surface area (TPSA) is 80.2 Å². The molecule has 0 atom stereocenters. The largest absolute Gasteiger partial charge is 0.441 e. The summed E-state index contributed by atoms with van der Waals surface area (Å²) in [5.74, 6) is 0.659. The number of ether oxygens (including phenoxy) is 1. The van der Waals surface area contributed by atoms with Crippen LogP contribution in [0.25, 0.3) is 11.4 Å². The summed E-state index contributed by atoms with van der Waals surface area (Å²) < 4.78 is 5.87. The number of amides is 1. The second kappa shape index (κ2) is 10.2. The van der Waals surface area contributed by atoms with Gasteiger partial charge in [-0.3, -0.25) is 9.88 Å². The van der Waals surface area contributed by atoms with Crippen LogP contribution in [0, 0.1) is 5.41 Å². The Bertz CT molecular complexity index is 1060. The number of pyridine rings is 2. The van der Waals surface area contributed by atoms with Crippen molar-refractivity contribution in [3.05, 3.63) is 54.2 Å². The fourth-order valence-corrected chi connectivity index (χ4v) is 5.04. The van der Waals surface area contributed by atoms with Gasteiger partial charge in [0.25, 0.3) is 0 Å². The number of hydrogen-bond donors (Lipinski definition) is 1. The molecule has 1 saturated carbocycles. The molecule has 33 heavy (non-hydrogen) atoms. The van der Waals surface area contributed by atoms with Crippen LogP contribution < -0.4 is 10.2 Å². The molecule has 5 rings (SSSR count). The van der Waals surface area contributed by atoms with E-state index in [0.29, 0.717) is 12.4 Å². The maximum absolute atomic E-state index is 12.5. The summed E-state index contributed by atoms with van der Waals surface area (Å²) in [7, 11) is 0. The first-order valence-corrected chi connectivity index (χ1v) is 11.4.